The summed E-state index contributed by atoms with van der Waals surface area (Å²) in [6.07, 6.45) is 4.81. The molecule has 0 atom stereocenters. The molecule has 0 aliphatic carbocycles. The Kier molecular flexibility index (Phi) is 12.6. The number of carbonyl (C=O) groups is 1. The van der Waals surface area contributed by atoms with Crippen LogP contribution in [0.25, 0.3) is 0 Å². The predicted molar refractivity (Wildman–Crippen MR) is 105 cm³/mol. The van der Waals surface area contributed by atoms with Gasteiger partial charge >= 0.3 is 5.97 Å². The summed E-state index contributed by atoms with van der Waals surface area (Å²) in [5, 5.41) is 0. The summed E-state index contributed by atoms with van der Waals surface area (Å²) >= 11 is 0. The van der Waals surface area contributed by atoms with E-state index in [1.54, 1.807) is 31.2 Å². The minimum Gasteiger partial charge on any atom is -0.494 e. The van der Waals surface area contributed by atoms with Gasteiger partial charge in [-0.1, -0.05) is 6.42 Å². The van der Waals surface area contributed by atoms with Crippen molar-refractivity contribution in [3.05, 3.63) is 29.8 Å². The van der Waals surface area contributed by atoms with Gasteiger partial charge in [-0.25, -0.2) is 4.79 Å². The van der Waals surface area contributed by atoms with Gasteiger partial charge in [-0.05, 0) is 50.5 Å². The first-order chi connectivity index (χ1) is 12.6. The fraction of sp³-hybridized carbons (Fsp3) is 0.529. The molecule has 0 fully saturated rings. The molecule has 27 heavy (non-hydrogen) atoms. The van der Waals surface area contributed by atoms with Crippen LogP contribution in [0, 0.1) is 0 Å². The van der Waals surface area contributed by atoms with Crippen LogP contribution in [0.5, 0.6) is 5.75 Å². The van der Waals surface area contributed by atoms with Gasteiger partial charge in [0.25, 0.3) is 10.1 Å². The molecule has 0 aliphatic heterocycles. The average Bonchev–Trinajstić information content (AvgIpc) is 2.56. The summed E-state index contributed by atoms with van der Waals surface area (Å²) in [5.74, 6) is 0.595. The van der Waals surface area contributed by atoms with E-state index in [1.807, 2.05) is 0 Å². The van der Waals surface area contributed by atoms with Crippen molar-refractivity contribution < 1.29 is 27.2 Å². The topological polar surface area (TPSA) is 154 Å². The highest BCUT2D eigenvalue weighted by Gasteiger charge is 2.05. The Balaban J connectivity index is 0.00000119. The number of unbranched alkanes of at least 4 members (excludes halogenated alkanes) is 3. The molecule has 10 heteroatoms. The van der Waals surface area contributed by atoms with Crippen LogP contribution < -0.4 is 16.2 Å². The number of rotatable bonds is 10. The number of ether oxygens (including phenoxy) is 2. The van der Waals surface area contributed by atoms with E-state index < -0.39 is 10.1 Å². The van der Waals surface area contributed by atoms with Crippen molar-refractivity contribution in [2.75, 3.05) is 26.0 Å². The molecule has 1 aromatic carbocycles. The summed E-state index contributed by atoms with van der Waals surface area (Å²) in [5.41, 5.74) is 11.0. The molecule has 0 aliphatic rings. The number of esters is 1. The van der Waals surface area contributed by atoms with Crippen LogP contribution in [0.1, 0.15) is 43.0 Å². The first-order valence-corrected chi connectivity index (χ1v) is 10.4. The van der Waals surface area contributed by atoms with E-state index in [9.17, 15) is 13.2 Å². The summed E-state index contributed by atoms with van der Waals surface area (Å²) < 4.78 is 36.4. The minimum absolute atomic E-state index is 0.148. The summed E-state index contributed by atoms with van der Waals surface area (Å²) in [6.45, 7) is 3.49. The van der Waals surface area contributed by atoms with E-state index in [1.165, 1.54) is 0 Å². The molecule has 0 aromatic heterocycles. The Bertz CT molecular complexity index is 662. The summed E-state index contributed by atoms with van der Waals surface area (Å²) in [6, 6.07) is 6.99. The zero-order valence-electron chi connectivity index (χ0n) is 15.8. The zero-order valence-corrected chi connectivity index (χ0v) is 16.6. The van der Waals surface area contributed by atoms with Crippen LogP contribution in [0.2, 0.25) is 0 Å². The molecule has 5 N–H and O–H groups in total. The first-order valence-electron chi connectivity index (χ1n) is 8.51. The molecule has 0 amide bonds. The smallest absolute Gasteiger partial charge is 0.338 e. The summed E-state index contributed by atoms with van der Waals surface area (Å²) in [4.78, 5) is 15.4. The number of benzene rings is 1. The van der Waals surface area contributed by atoms with Gasteiger partial charge in [0.1, 0.15) is 5.75 Å². The highest BCUT2D eigenvalue weighted by molar-refractivity contribution is 7.85. The van der Waals surface area contributed by atoms with Crippen LogP contribution in [-0.4, -0.2) is 50.9 Å². The van der Waals surface area contributed by atoms with Crippen molar-refractivity contribution in [1.29, 1.82) is 0 Å². The molecule has 0 unspecified atom stereocenters. The third kappa shape index (κ3) is 16.9. The third-order valence-corrected chi connectivity index (χ3v) is 2.98. The van der Waals surface area contributed by atoms with Crippen LogP contribution in [0.3, 0.4) is 0 Å². The Hall–Kier alpha value is -2.33. The SMILES string of the molecule is CCOC(=O)c1ccc(OCCCCCCN=C(N)N)cc1.CS(=O)(=O)O. The fourth-order valence-corrected chi connectivity index (χ4v) is 1.87. The monoisotopic (exact) mass is 403 g/mol. The molecule has 0 radical (unpaired) electrons. The Morgan fingerprint density at radius 2 is 1.67 bits per heavy atom. The van der Waals surface area contributed by atoms with E-state index in [2.05, 4.69) is 4.99 Å². The maximum atomic E-state index is 11.5. The van der Waals surface area contributed by atoms with E-state index in [4.69, 9.17) is 25.5 Å². The van der Waals surface area contributed by atoms with Crippen molar-refractivity contribution in [2.24, 2.45) is 16.5 Å². The fourth-order valence-electron chi connectivity index (χ4n) is 1.87. The average molecular weight is 404 g/mol. The van der Waals surface area contributed by atoms with Gasteiger partial charge in [0.05, 0.1) is 25.0 Å². The minimum atomic E-state index is -3.67. The van der Waals surface area contributed by atoms with Gasteiger partial charge in [0, 0.05) is 6.54 Å². The highest BCUT2D eigenvalue weighted by Crippen LogP contribution is 2.13. The second-order valence-corrected chi connectivity index (χ2v) is 7.01. The molecular formula is C17H29N3O6S. The molecule has 154 valence electrons. The predicted octanol–water partition coefficient (Wildman–Crippen LogP) is 1.58. The number of hydrogen-bond acceptors (Lipinski definition) is 6. The van der Waals surface area contributed by atoms with Crippen molar-refractivity contribution in [1.82, 2.24) is 0 Å². The van der Waals surface area contributed by atoms with E-state index >= 15 is 0 Å². The van der Waals surface area contributed by atoms with Gasteiger partial charge in [-0.15, -0.1) is 0 Å². The molecule has 1 aromatic rings. The lowest BCUT2D eigenvalue weighted by molar-refractivity contribution is 0.0526. The second-order valence-electron chi connectivity index (χ2n) is 5.55. The first kappa shape index (κ1) is 24.7. The van der Waals surface area contributed by atoms with Gasteiger partial charge in [-0.3, -0.25) is 9.55 Å². The standard InChI is InChI=1S/C16H25N3O3.CH4O3S/c1-2-21-15(20)13-7-9-14(10-8-13)22-12-6-4-3-5-11-19-16(17)18;1-5(2,3)4/h7-10H,2-6,11-12H2,1H3,(H4,17,18,19);1H3,(H,2,3,4). The molecule has 0 heterocycles. The highest BCUT2D eigenvalue weighted by atomic mass is 32.2. The molecule has 9 nitrogen and oxygen atoms in total. The third-order valence-electron chi connectivity index (χ3n) is 2.98. The molecular weight excluding hydrogens is 374 g/mol. The van der Waals surface area contributed by atoms with Gasteiger partial charge in [0.2, 0.25) is 0 Å². The van der Waals surface area contributed by atoms with Crippen LogP contribution in [0.15, 0.2) is 29.3 Å². The van der Waals surface area contributed by atoms with Crippen molar-refractivity contribution in [2.45, 2.75) is 32.6 Å². The lowest BCUT2D eigenvalue weighted by Gasteiger charge is -2.07. The van der Waals surface area contributed by atoms with Crippen LogP contribution in [-0.2, 0) is 14.9 Å². The lowest BCUT2D eigenvalue weighted by Crippen LogP contribution is -2.22. The molecule has 0 saturated carbocycles. The number of nitrogens with two attached hydrogens (primary N) is 2. The maximum absolute atomic E-state index is 11.5. The van der Waals surface area contributed by atoms with Crippen molar-refractivity contribution in [3.8, 4) is 5.75 Å². The molecule has 0 spiro atoms. The number of carbonyl (C=O) groups excluding carboxylic acids is 1. The van der Waals surface area contributed by atoms with Crippen LogP contribution >= 0.6 is 0 Å². The van der Waals surface area contributed by atoms with Crippen molar-refractivity contribution in [3.63, 3.8) is 0 Å². The number of guanidine groups is 1. The molecule has 0 bridgehead atoms. The Labute approximate surface area is 160 Å². The zero-order chi connectivity index (χ0) is 20.7. The Morgan fingerprint density at radius 1 is 1.11 bits per heavy atom. The van der Waals surface area contributed by atoms with Gasteiger partial charge < -0.3 is 20.9 Å². The molecule has 0 saturated heterocycles. The quantitative estimate of drug-likeness (QED) is 0.175. The number of aliphatic imine (C=N–C) groups is 1. The van der Waals surface area contributed by atoms with Gasteiger partial charge in [0.15, 0.2) is 5.96 Å². The van der Waals surface area contributed by atoms with Crippen molar-refractivity contribution >= 4 is 22.0 Å². The van der Waals surface area contributed by atoms with Gasteiger partial charge in [-0.2, -0.15) is 8.42 Å². The van der Waals surface area contributed by atoms with E-state index in [0.717, 1.165) is 31.4 Å². The largest absolute Gasteiger partial charge is 0.494 e. The summed E-state index contributed by atoms with van der Waals surface area (Å²) in [7, 11) is -3.67. The molecule has 1 rings (SSSR count). The Morgan fingerprint density at radius 3 is 2.19 bits per heavy atom. The van der Waals surface area contributed by atoms with E-state index in [0.29, 0.717) is 31.6 Å². The van der Waals surface area contributed by atoms with Crippen LogP contribution in [0.4, 0.5) is 0 Å². The number of nitrogens with zero attached hydrogens (tertiary/aromatic N) is 1. The second kappa shape index (κ2) is 13.8. The maximum Gasteiger partial charge on any atom is 0.338 e. The number of hydrogen-bond donors (Lipinski definition) is 3. The lowest BCUT2D eigenvalue weighted by atomic mass is 10.2. The normalized spacial score (nSPS) is 10.3. The van der Waals surface area contributed by atoms with E-state index in [-0.39, 0.29) is 11.9 Å².